The summed E-state index contributed by atoms with van der Waals surface area (Å²) in [4.78, 5) is 23.6. The summed E-state index contributed by atoms with van der Waals surface area (Å²) in [6.07, 6.45) is 3.24. The number of rotatable bonds is 6. The van der Waals surface area contributed by atoms with Crippen LogP contribution in [0.15, 0.2) is 42.5 Å². The van der Waals surface area contributed by atoms with Crippen LogP contribution in [0.4, 0.5) is 5.69 Å². The van der Waals surface area contributed by atoms with E-state index < -0.39 is 11.9 Å². The van der Waals surface area contributed by atoms with Crippen molar-refractivity contribution in [3.8, 4) is 0 Å². The first-order chi connectivity index (χ1) is 11.0. The number of amides is 1. The Balaban J connectivity index is 2.18. The highest BCUT2D eigenvalue weighted by Crippen LogP contribution is 2.22. The fourth-order valence-corrected chi connectivity index (χ4v) is 2.52. The Hall–Kier alpha value is -2.33. The van der Waals surface area contributed by atoms with Crippen molar-refractivity contribution in [1.82, 2.24) is 0 Å². The third-order valence-electron chi connectivity index (χ3n) is 3.50. The van der Waals surface area contributed by atoms with Crippen molar-refractivity contribution in [3.63, 3.8) is 0 Å². The van der Waals surface area contributed by atoms with Crippen LogP contribution < -0.4 is 5.32 Å². The predicted molar refractivity (Wildman–Crippen MR) is 91.4 cm³/mol. The minimum atomic E-state index is -1.19. The molecule has 0 atom stereocenters. The van der Waals surface area contributed by atoms with Gasteiger partial charge in [-0.05, 0) is 42.7 Å². The summed E-state index contributed by atoms with van der Waals surface area (Å²) in [5.41, 5.74) is 1.66. The van der Waals surface area contributed by atoms with Gasteiger partial charge in [0.05, 0.1) is 16.1 Å². The Labute approximate surface area is 140 Å². The van der Waals surface area contributed by atoms with E-state index in [2.05, 4.69) is 12.2 Å². The second-order valence-electron chi connectivity index (χ2n) is 5.22. The van der Waals surface area contributed by atoms with Crippen molar-refractivity contribution in [3.05, 3.63) is 64.2 Å². The van der Waals surface area contributed by atoms with Gasteiger partial charge in [0, 0.05) is 5.69 Å². The zero-order valence-corrected chi connectivity index (χ0v) is 13.6. The van der Waals surface area contributed by atoms with Crippen molar-refractivity contribution in [2.45, 2.75) is 26.2 Å². The molecular formula is C18H18ClNO3. The van der Waals surface area contributed by atoms with E-state index in [0.717, 1.165) is 19.3 Å². The Kier molecular flexibility index (Phi) is 5.77. The highest BCUT2D eigenvalue weighted by atomic mass is 35.5. The molecule has 5 heteroatoms. The van der Waals surface area contributed by atoms with Crippen LogP contribution >= 0.6 is 11.6 Å². The number of hydrogen-bond acceptors (Lipinski definition) is 2. The molecule has 2 N–H and O–H groups in total. The summed E-state index contributed by atoms with van der Waals surface area (Å²) in [6.45, 7) is 2.14. The molecule has 0 spiro atoms. The van der Waals surface area contributed by atoms with E-state index >= 15 is 0 Å². The van der Waals surface area contributed by atoms with Gasteiger partial charge in [-0.3, -0.25) is 4.79 Å². The van der Waals surface area contributed by atoms with E-state index in [1.807, 2.05) is 12.1 Å². The number of anilines is 1. The number of carbonyl (C=O) groups is 2. The van der Waals surface area contributed by atoms with Crippen LogP contribution in [0.1, 0.15) is 46.0 Å². The molecule has 0 fully saturated rings. The van der Waals surface area contributed by atoms with Crippen LogP contribution in [0.3, 0.4) is 0 Å². The summed E-state index contributed by atoms with van der Waals surface area (Å²) in [7, 11) is 0. The first-order valence-electron chi connectivity index (χ1n) is 7.45. The van der Waals surface area contributed by atoms with E-state index in [1.165, 1.54) is 23.8 Å². The lowest BCUT2D eigenvalue weighted by atomic mass is 10.1. The van der Waals surface area contributed by atoms with Gasteiger partial charge in [0.25, 0.3) is 5.91 Å². The summed E-state index contributed by atoms with van der Waals surface area (Å²) in [5.74, 6) is -1.72. The average molecular weight is 332 g/mol. The van der Waals surface area contributed by atoms with E-state index in [1.54, 1.807) is 12.1 Å². The average Bonchev–Trinajstić information content (AvgIpc) is 2.53. The van der Waals surface area contributed by atoms with Gasteiger partial charge in [-0.15, -0.1) is 0 Å². The summed E-state index contributed by atoms with van der Waals surface area (Å²) in [6, 6.07) is 11.9. The standard InChI is InChI=1S/C18H18ClNO3/c1-2-3-5-12-8-10-13(11-9-12)20-17(21)16-14(18(22)23)6-4-7-15(16)19/h4,6-11H,2-3,5H2,1H3,(H,20,21)(H,22,23). The first-order valence-corrected chi connectivity index (χ1v) is 7.82. The lowest BCUT2D eigenvalue weighted by Gasteiger charge is -2.10. The van der Waals surface area contributed by atoms with Gasteiger partial charge in [0.1, 0.15) is 0 Å². The van der Waals surface area contributed by atoms with Gasteiger partial charge in [-0.1, -0.05) is 43.1 Å². The number of aromatic carboxylic acids is 1. The maximum Gasteiger partial charge on any atom is 0.336 e. The summed E-state index contributed by atoms with van der Waals surface area (Å²) >= 11 is 5.99. The van der Waals surface area contributed by atoms with Crippen LogP contribution in [-0.4, -0.2) is 17.0 Å². The number of halogens is 1. The van der Waals surface area contributed by atoms with Crippen molar-refractivity contribution in [2.75, 3.05) is 5.32 Å². The maximum absolute atomic E-state index is 12.4. The van der Waals surface area contributed by atoms with Gasteiger partial charge in [-0.2, -0.15) is 0 Å². The van der Waals surface area contributed by atoms with Crippen molar-refractivity contribution in [1.29, 1.82) is 0 Å². The quantitative estimate of drug-likeness (QED) is 0.810. The number of unbranched alkanes of at least 4 members (excludes halogenated alkanes) is 1. The molecule has 0 radical (unpaired) electrons. The Morgan fingerprint density at radius 3 is 2.43 bits per heavy atom. The Morgan fingerprint density at radius 2 is 1.83 bits per heavy atom. The lowest BCUT2D eigenvalue weighted by molar-refractivity contribution is 0.0692. The van der Waals surface area contributed by atoms with Crippen LogP contribution in [0.25, 0.3) is 0 Å². The molecule has 0 unspecified atom stereocenters. The zero-order chi connectivity index (χ0) is 16.8. The number of carboxylic acids is 1. The second-order valence-corrected chi connectivity index (χ2v) is 5.63. The molecular weight excluding hydrogens is 314 g/mol. The van der Waals surface area contributed by atoms with E-state index in [-0.39, 0.29) is 16.1 Å². The van der Waals surface area contributed by atoms with E-state index in [9.17, 15) is 14.7 Å². The summed E-state index contributed by atoms with van der Waals surface area (Å²) in [5, 5.41) is 12.0. The number of carboxylic acid groups (broad SMARTS) is 1. The molecule has 120 valence electrons. The fourth-order valence-electron chi connectivity index (χ4n) is 2.26. The molecule has 4 nitrogen and oxygen atoms in total. The molecule has 0 aliphatic rings. The third-order valence-corrected chi connectivity index (χ3v) is 3.82. The normalized spacial score (nSPS) is 10.3. The SMILES string of the molecule is CCCCc1ccc(NC(=O)c2c(Cl)cccc2C(=O)O)cc1. The van der Waals surface area contributed by atoms with E-state index in [4.69, 9.17) is 11.6 Å². The molecule has 0 aliphatic heterocycles. The molecule has 0 saturated carbocycles. The predicted octanol–water partition coefficient (Wildman–Crippen LogP) is 4.63. The Morgan fingerprint density at radius 1 is 1.13 bits per heavy atom. The maximum atomic E-state index is 12.4. The van der Waals surface area contributed by atoms with Crippen molar-refractivity contribution >= 4 is 29.2 Å². The van der Waals surface area contributed by atoms with Crippen LogP contribution in [0.2, 0.25) is 5.02 Å². The number of hydrogen-bond donors (Lipinski definition) is 2. The van der Waals surface area contributed by atoms with Crippen molar-refractivity contribution < 1.29 is 14.7 Å². The van der Waals surface area contributed by atoms with Crippen LogP contribution in [-0.2, 0) is 6.42 Å². The number of nitrogens with one attached hydrogen (secondary N) is 1. The largest absolute Gasteiger partial charge is 0.478 e. The van der Waals surface area contributed by atoms with Crippen LogP contribution in [0.5, 0.6) is 0 Å². The molecule has 0 saturated heterocycles. The van der Waals surface area contributed by atoms with Gasteiger partial charge < -0.3 is 10.4 Å². The minimum absolute atomic E-state index is 0.0308. The number of carbonyl (C=O) groups excluding carboxylic acids is 1. The Bertz CT molecular complexity index is 711. The van der Waals surface area contributed by atoms with Crippen LogP contribution in [0, 0.1) is 0 Å². The fraction of sp³-hybridized carbons (Fsp3) is 0.222. The highest BCUT2D eigenvalue weighted by Gasteiger charge is 2.19. The smallest absolute Gasteiger partial charge is 0.336 e. The third kappa shape index (κ3) is 4.33. The molecule has 0 heterocycles. The van der Waals surface area contributed by atoms with E-state index in [0.29, 0.717) is 5.69 Å². The van der Waals surface area contributed by atoms with Crippen molar-refractivity contribution in [2.24, 2.45) is 0 Å². The molecule has 2 aromatic carbocycles. The second kappa shape index (κ2) is 7.79. The van der Waals surface area contributed by atoms with Gasteiger partial charge in [0.2, 0.25) is 0 Å². The van der Waals surface area contributed by atoms with Gasteiger partial charge in [-0.25, -0.2) is 4.79 Å². The number of benzene rings is 2. The highest BCUT2D eigenvalue weighted by molar-refractivity contribution is 6.35. The van der Waals surface area contributed by atoms with Gasteiger partial charge in [0.15, 0.2) is 0 Å². The zero-order valence-electron chi connectivity index (χ0n) is 12.8. The molecule has 0 aromatic heterocycles. The summed E-state index contributed by atoms with van der Waals surface area (Å²) < 4.78 is 0. The lowest BCUT2D eigenvalue weighted by Crippen LogP contribution is -2.17. The molecule has 0 aliphatic carbocycles. The topological polar surface area (TPSA) is 66.4 Å². The molecule has 0 bridgehead atoms. The first kappa shape index (κ1) is 17.0. The molecule has 23 heavy (non-hydrogen) atoms. The molecule has 2 aromatic rings. The molecule has 2 rings (SSSR count). The molecule has 1 amide bonds. The van der Waals surface area contributed by atoms with Gasteiger partial charge >= 0.3 is 5.97 Å². The monoisotopic (exact) mass is 331 g/mol. The minimum Gasteiger partial charge on any atom is -0.478 e. The number of aryl methyl sites for hydroxylation is 1.